The number of nitrogens with two attached hydrogens (primary N) is 1. The first kappa shape index (κ1) is 12.6. The minimum atomic E-state index is 0.315. The molecule has 5 nitrogen and oxygen atoms in total. The Hall–Kier alpha value is -0.810. The molecule has 2 fully saturated rings. The third-order valence-corrected chi connectivity index (χ3v) is 4.11. The first-order valence-corrected chi connectivity index (χ1v) is 6.50. The van der Waals surface area contributed by atoms with E-state index in [0.717, 1.165) is 12.5 Å². The molecule has 0 amide bonds. The number of nitrogens with zero attached hydrogens (tertiary/aromatic N) is 3. The lowest BCUT2D eigenvalue weighted by Gasteiger charge is -2.49. The number of hydrogen-bond donors (Lipinski definition) is 2. The van der Waals surface area contributed by atoms with E-state index in [2.05, 4.69) is 41.4 Å². The van der Waals surface area contributed by atoms with Crippen LogP contribution in [0.15, 0.2) is 4.99 Å². The van der Waals surface area contributed by atoms with Gasteiger partial charge in [0, 0.05) is 19.1 Å². The summed E-state index contributed by atoms with van der Waals surface area (Å²) in [6, 6.07) is 0.500. The molecule has 5 heteroatoms. The fourth-order valence-electron chi connectivity index (χ4n) is 2.47. The van der Waals surface area contributed by atoms with Crippen molar-refractivity contribution >= 4 is 5.96 Å². The predicted octanol–water partition coefficient (Wildman–Crippen LogP) is 0.384. The maximum Gasteiger partial charge on any atom is 0.208 e. The minimum Gasteiger partial charge on any atom is -0.343 e. The van der Waals surface area contributed by atoms with Crippen molar-refractivity contribution in [3.8, 4) is 0 Å². The van der Waals surface area contributed by atoms with E-state index in [9.17, 15) is 0 Å². The molecule has 0 atom stereocenters. The van der Waals surface area contributed by atoms with Crippen LogP contribution in [0.5, 0.6) is 0 Å². The van der Waals surface area contributed by atoms with E-state index >= 15 is 0 Å². The van der Waals surface area contributed by atoms with Crippen molar-refractivity contribution in [2.75, 3.05) is 27.7 Å². The number of hydrogen-bond acceptors (Lipinski definition) is 3. The highest BCUT2D eigenvalue weighted by Gasteiger charge is 2.40. The Labute approximate surface area is 104 Å². The van der Waals surface area contributed by atoms with Gasteiger partial charge in [0.25, 0.3) is 0 Å². The van der Waals surface area contributed by atoms with Crippen LogP contribution in [0.25, 0.3) is 0 Å². The topological polar surface area (TPSA) is 56.9 Å². The molecule has 0 aliphatic heterocycles. The Bertz CT molecular complexity index is 291. The zero-order valence-electron chi connectivity index (χ0n) is 11.2. The van der Waals surface area contributed by atoms with E-state index in [4.69, 9.17) is 5.84 Å². The molecule has 2 aliphatic carbocycles. The summed E-state index contributed by atoms with van der Waals surface area (Å²) in [4.78, 5) is 9.11. The lowest BCUT2D eigenvalue weighted by Crippen LogP contribution is -2.59. The van der Waals surface area contributed by atoms with Gasteiger partial charge in [0.15, 0.2) is 0 Å². The van der Waals surface area contributed by atoms with Crippen LogP contribution in [0.2, 0.25) is 0 Å². The van der Waals surface area contributed by atoms with Crippen molar-refractivity contribution in [3.05, 3.63) is 0 Å². The fraction of sp³-hybridized carbons (Fsp3) is 0.917. The quantitative estimate of drug-likeness (QED) is 0.322. The molecule has 2 saturated carbocycles. The molecule has 17 heavy (non-hydrogen) atoms. The monoisotopic (exact) mass is 239 g/mol. The first-order valence-electron chi connectivity index (χ1n) is 6.50. The minimum absolute atomic E-state index is 0.315. The van der Waals surface area contributed by atoms with Gasteiger partial charge in [-0.3, -0.25) is 5.43 Å². The molecule has 0 heterocycles. The molecule has 0 radical (unpaired) electrons. The summed E-state index contributed by atoms with van der Waals surface area (Å²) in [6.07, 6.45) is 6.28. The van der Waals surface area contributed by atoms with Gasteiger partial charge in [-0.1, -0.05) is 0 Å². The summed E-state index contributed by atoms with van der Waals surface area (Å²) in [6.45, 7) is 0.996. The lowest BCUT2D eigenvalue weighted by atomic mass is 9.75. The largest absolute Gasteiger partial charge is 0.343 e. The Morgan fingerprint density at radius 2 is 2.00 bits per heavy atom. The van der Waals surface area contributed by atoms with Gasteiger partial charge in [0.2, 0.25) is 5.96 Å². The van der Waals surface area contributed by atoms with Gasteiger partial charge in [-0.15, -0.1) is 0 Å². The van der Waals surface area contributed by atoms with E-state index in [1.165, 1.54) is 32.1 Å². The van der Waals surface area contributed by atoms with Crippen molar-refractivity contribution in [2.45, 2.75) is 43.7 Å². The molecule has 0 spiro atoms. The van der Waals surface area contributed by atoms with Gasteiger partial charge >= 0.3 is 0 Å². The molecular weight excluding hydrogens is 214 g/mol. The zero-order chi connectivity index (χ0) is 12.5. The van der Waals surface area contributed by atoms with Gasteiger partial charge in [0.05, 0.1) is 6.04 Å². The highest BCUT2D eigenvalue weighted by molar-refractivity contribution is 5.79. The number of aliphatic imine (C=N–C) groups is 1. The Balaban J connectivity index is 1.96. The van der Waals surface area contributed by atoms with Gasteiger partial charge in [-0.25, -0.2) is 10.8 Å². The Kier molecular flexibility index (Phi) is 3.58. The number of rotatable bonds is 4. The van der Waals surface area contributed by atoms with Crippen LogP contribution in [0.4, 0.5) is 0 Å². The van der Waals surface area contributed by atoms with Crippen LogP contribution in [0, 0.1) is 0 Å². The van der Waals surface area contributed by atoms with E-state index in [0.29, 0.717) is 11.6 Å². The van der Waals surface area contributed by atoms with Crippen molar-refractivity contribution < 1.29 is 0 Å². The summed E-state index contributed by atoms with van der Waals surface area (Å²) in [5.74, 6) is 6.40. The summed E-state index contributed by atoms with van der Waals surface area (Å²) in [7, 11) is 6.41. The molecule has 0 unspecified atom stereocenters. The molecule has 0 aromatic rings. The zero-order valence-corrected chi connectivity index (χ0v) is 11.2. The molecule has 3 N–H and O–H groups in total. The smallest absolute Gasteiger partial charge is 0.208 e. The molecule has 98 valence electrons. The number of guanidine groups is 1. The van der Waals surface area contributed by atoms with Crippen LogP contribution in [-0.2, 0) is 0 Å². The molecule has 0 aromatic carbocycles. The van der Waals surface area contributed by atoms with E-state index < -0.39 is 0 Å². The Morgan fingerprint density at radius 3 is 2.35 bits per heavy atom. The number of nitrogens with one attached hydrogen (secondary N) is 1. The average molecular weight is 239 g/mol. The number of likely N-dealkylation sites (N-methyl/N-ethyl adjacent to an activating group) is 2. The van der Waals surface area contributed by atoms with Gasteiger partial charge < -0.3 is 9.80 Å². The van der Waals surface area contributed by atoms with Crippen molar-refractivity contribution in [2.24, 2.45) is 10.8 Å². The molecule has 0 saturated heterocycles. The molecule has 0 aromatic heterocycles. The summed E-state index contributed by atoms with van der Waals surface area (Å²) < 4.78 is 0. The summed E-state index contributed by atoms with van der Waals surface area (Å²) >= 11 is 0. The van der Waals surface area contributed by atoms with Gasteiger partial charge in [-0.2, -0.15) is 0 Å². The first-order chi connectivity index (χ1) is 8.07. The summed E-state index contributed by atoms with van der Waals surface area (Å²) in [5.41, 5.74) is 3.06. The fourth-order valence-corrected chi connectivity index (χ4v) is 2.47. The standard InChI is InChI=1S/C12H25N5/c1-16(2)12(7-4-8-12)9-17(3)11(15-13)14-10-5-6-10/h10H,4-9,13H2,1-3H3,(H,14,15). The third kappa shape index (κ3) is 2.72. The van der Waals surface area contributed by atoms with Crippen LogP contribution in [0.1, 0.15) is 32.1 Å². The molecule has 0 bridgehead atoms. The maximum absolute atomic E-state index is 5.57. The second kappa shape index (κ2) is 4.82. The second-order valence-corrected chi connectivity index (χ2v) is 5.66. The SMILES string of the molecule is CN(CC1(N(C)C)CCC1)C(=NC1CC1)NN. The van der Waals surface area contributed by atoms with Gasteiger partial charge in [0.1, 0.15) is 0 Å². The van der Waals surface area contributed by atoms with Crippen LogP contribution < -0.4 is 11.3 Å². The van der Waals surface area contributed by atoms with E-state index in [-0.39, 0.29) is 0 Å². The Morgan fingerprint density at radius 1 is 1.35 bits per heavy atom. The summed E-state index contributed by atoms with van der Waals surface area (Å²) in [5, 5.41) is 0. The van der Waals surface area contributed by atoms with Crippen LogP contribution >= 0.6 is 0 Å². The maximum atomic E-state index is 5.57. The lowest BCUT2D eigenvalue weighted by molar-refractivity contribution is 0.0423. The second-order valence-electron chi connectivity index (χ2n) is 5.66. The van der Waals surface area contributed by atoms with Crippen molar-refractivity contribution in [1.82, 2.24) is 15.2 Å². The predicted molar refractivity (Wildman–Crippen MR) is 70.7 cm³/mol. The molecule has 2 aliphatic rings. The highest BCUT2D eigenvalue weighted by Crippen LogP contribution is 2.36. The van der Waals surface area contributed by atoms with E-state index in [1.807, 2.05) is 0 Å². The third-order valence-electron chi connectivity index (χ3n) is 4.11. The highest BCUT2D eigenvalue weighted by atomic mass is 15.4. The number of hydrazine groups is 1. The van der Waals surface area contributed by atoms with Crippen molar-refractivity contribution in [3.63, 3.8) is 0 Å². The molecule has 2 rings (SSSR count). The average Bonchev–Trinajstić information content (AvgIpc) is 3.02. The molecular formula is C12H25N5. The van der Waals surface area contributed by atoms with Crippen molar-refractivity contribution in [1.29, 1.82) is 0 Å². The van der Waals surface area contributed by atoms with Crippen LogP contribution in [-0.4, -0.2) is 55.0 Å². The van der Waals surface area contributed by atoms with E-state index in [1.54, 1.807) is 0 Å². The normalized spacial score (nSPS) is 23.5. The van der Waals surface area contributed by atoms with Gasteiger partial charge in [-0.05, 0) is 46.2 Å². The van der Waals surface area contributed by atoms with Crippen LogP contribution in [0.3, 0.4) is 0 Å².